The van der Waals surface area contributed by atoms with Crippen LogP contribution in [0, 0.1) is 4.77 Å². The summed E-state index contributed by atoms with van der Waals surface area (Å²) in [5.74, 6) is 1.52. The van der Waals surface area contributed by atoms with Crippen LogP contribution in [-0.4, -0.2) is 14.8 Å². The highest BCUT2D eigenvalue weighted by molar-refractivity contribution is 7.71. The van der Waals surface area contributed by atoms with Crippen LogP contribution < -0.4 is 4.74 Å². The van der Waals surface area contributed by atoms with Crippen LogP contribution in [0.25, 0.3) is 16.8 Å². The average molecular weight is 359 g/mol. The van der Waals surface area contributed by atoms with Crippen molar-refractivity contribution in [1.82, 2.24) is 14.8 Å². The first-order valence-electron chi connectivity index (χ1n) is 8.31. The Morgan fingerprint density at radius 2 is 1.42 bits per heavy atom. The molecule has 4 rings (SSSR count). The summed E-state index contributed by atoms with van der Waals surface area (Å²) in [6.07, 6.45) is 0. The molecule has 0 saturated heterocycles. The van der Waals surface area contributed by atoms with E-state index in [1.54, 1.807) is 0 Å². The molecule has 0 aliphatic rings. The fourth-order valence-corrected chi connectivity index (χ4v) is 3.05. The van der Waals surface area contributed by atoms with E-state index in [1.165, 1.54) is 5.56 Å². The third-order valence-electron chi connectivity index (χ3n) is 4.09. The number of para-hydroxylation sites is 1. The normalized spacial score (nSPS) is 10.6. The first-order chi connectivity index (χ1) is 12.8. The number of H-pyrrole nitrogens is 1. The van der Waals surface area contributed by atoms with Gasteiger partial charge in [0.25, 0.3) is 0 Å². The molecule has 1 N–H and O–H groups in total. The van der Waals surface area contributed by atoms with E-state index >= 15 is 0 Å². The van der Waals surface area contributed by atoms with Crippen LogP contribution in [0.2, 0.25) is 0 Å². The fourth-order valence-electron chi connectivity index (χ4n) is 2.79. The third-order valence-corrected chi connectivity index (χ3v) is 4.36. The minimum atomic E-state index is 0.326. The zero-order chi connectivity index (χ0) is 17.8. The van der Waals surface area contributed by atoms with Crippen LogP contribution in [0.4, 0.5) is 0 Å². The van der Waals surface area contributed by atoms with Crippen LogP contribution in [-0.2, 0) is 6.61 Å². The quantitative estimate of drug-likeness (QED) is 0.500. The van der Waals surface area contributed by atoms with E-state index in [1.807, 2.05) is 65.2 Å². The lowest BCUT2D eigenvalue weighted by molar-refractivity contribution is 0.293. The van der Waals surface area contributed by atoms with Gasteiger partial charge in [0.1, 0.15) is 12.4 Å². The summed E-state index contributed by atoms with van der Waals surface area (Å²) < 4.78 is 8.34. The molecule has 0 radical (unpaired) electrons. The van der Waals surface area contributed by atoms with Crippen LogP contribution in [0.15, 0.2) is 84.9 Å². The van der Waals surface area contributed by atoms with Crippen molar-refractivity contribution >= 4 is 12.2 Å². The number of hydrogen-bond acceptors (Lipinski definition) is 3. The standard InChI is InChI=1S/C21H17N3OS/c26-21-23-22-20(24(21)18-9-5-2-6-10-18)15-25-19-13-11-17(12-14-19)16-7-3-1-4-8-16/h1-14H,15H2,(H,23,26). The van der Waals surface area contributed by atoms with Crippen molar-refractivity contribution in [3.05, 3.63) is 95.5 Å². The molecule has 1 aromatic heterocycles. The molecule has 128 valence electrons. The predicted molar refractivity (Wildman–Crippen MR) is 105 cm³/mol. The van der Waals surface area contributed by atoms with Gasteiger partial charge in [-0.25, -0.2) is 0 Å². The third kappa shape index (κ3) is 3.43. The summed E-state index contributed by atoms with van der Waals surface area (Å²) in [6.45, 7) is 0.326. The Bertz CT molecular complexity index is 1040. The summed E-state index contributed by atoms with van der Waals surface area (Å²) in [7, 11) is 0. The van der Waals surface area contributed by atoms with Gasteiger partial charge in [0.2, 0.25) is 0 Å². The van der Waals surface area contributed by atoms with Gasteiger partial charge < -0.3 is 4.74 Å². The van der Waals surface area contributed by atoms with Crippen LogP contribution in [0.5, 0.6) is 5.75 Å². The highest BCUT2D eigenvalue weighted by Crippen LogP contribution is 2.22. The van der Waals surface area contributed by atoms with Crippen LogP contribution >= 0.6 is 12.2 Å². The topological polar surface area (TPSA) is 42.8 Å². The lowest BCUT2D eigenvalue weighted by Crippen LogP contribution is -2.05. The van der Waals surface area contributed by atoms with Gasteiger partial charge in [0.05, 0.1) is 0 Å². The first kappa shape index (κ1) is 16.3. The SMILES string of the molecule is S=c1[nH]nc(COc2ccc(-c3ccccc3)cc2)n1-c1ccccc1. The van der Waals surface area contributed by atoms with Gasteiger partial charge >= 0.3 is 0 Å². The Morgan fingerprint density at radius 1 is 0.808 bits per heavy atom. The minimum Gasteiger partial charge on any atom is -0.486 e. The van der Waals surface area contributed by atoms with Crippen molar-refractivity contribution in [2.75, 3.05) is 0 Å². The average Bonchev–Trinajstić information content (AvgIpc) is 3.08. The van der Waals surface area contributed by atoms with E-state index in [0.29, 0.717) is 11.4 Å². The molecule has 4 aromatic rings. The molecular weight excluding hydrogens is 342 g/mol. The maximum atomic E-state index is 5.91. The van der Waals surface area contributed by atoms with Crippen molar-refractivity contribution in [1.29, 1.82) is 0 Å². The van der Waals surface area contributed by atoms with Gasteiger partial charge in [-0.1, -0.05) is 60.7 Å². The maximum absolute atomic E-state index is 5.91. The van der Waals surface area contributed by atoms with E-state index in [4.69, 9.17) is 17.0 Å². The van der Waals surface area contributed by atoms with Crippen LogP contribution in [0.3, 0.4) is 0 Å². The number of ether oxygens (including phenoxy) is 1. The Balaban J connectivity index is 1.51. The largest absolute Gasteiger partial charge is 0.486 e. The van der Waals surface area contributed by atoms with E-state index in [9.17, 15) is 0 Å². The maximum Gasteiger partial charge on any atom is 0.199 e. The molecule has 0 aliphatic carbocycles. The Hall–Kier alpha value is -3.18. The van der Waals surface area contributed by atoms with Gasteiger partial charge in [-0.15, -0.1) is 0 Å². The highest BCUT2D eigenvalue weighted by atomic mass is 32.1. The number of aromatic amines is 1. The molecule has 0 bridgehead atoms. The lowest BCUT2D eigenvalue weighted by atomic mass is 10.1. The number of hydrogen-bond donors (Lipinski definition) is 1. The molecule has 0 unspecified atom stereocenters. The van der Waals surface area contributed by atoms with Gasteiger partial charge in [-0.3, -0.25) is 9.67 Å². The molecular formula is C21H17N3OS. The molecule has 26 heavy (non-hydrogen) atoms. The smallest absolute Gasteiger partial charge is 0.199 e. The Labute approximate surface area is 156 Å². The molecule has 0 amide bonds. The van der Waals surface area contributed by atoms with E-state index < -0.39 is 0 Å². The number of benzene rings is 3. The second-order valence-corrected chi connectivity index (χ2v) is 6.18. The van der Waals surface area contributed by atoms with Crippen LogP contribution in [0.1, 0.15) is 5.82 Å². The monoisotopic (exact) mass is 359 g/mol. The molecule has 0 saturated carbocycles. The Morgan fingerprint density at radius 3 is 2.12 bits per heavy atom. The molecule has 4 nitrogen and oxygen atoms in total. The number of nitrogens with one attached hydrogen (secondary N) is 1. The number of aromatic nitrogens is 3. The Kier molecular flexibility index (Phi) is 4.62. The second-order valence-electron chi connectivity index (χ2n) is 5.80. The molecule has 0 spiro atoms. The van der Waals surface area contributed by atoms with Crippen molar-refractivity contribution < 1.29 is 4.74 Å². The predicted octanol–water partition coefficient (Wildman–Crippen LogP) is 5.18. The van der Waals surface area contributed by atoms with E-state index in [2.05, 4.69) is 34.5 Å². The summed E-state index contributed by atoms with van der Waals surface area (Å²) >= 11 is 5.35. The summed E-state index contributed by atoms with van der Waals surface area (Å²) in [5, 5.41) is 7.13. The second kappa shape index (κ2) is 7.37. The number of rotatable bonds is 5. The van der Waals surface area contributed by atoms with Crippen molar-refractivity contribution in [3.8, 4) is 22.6 Å². The molecule has 5 heteroatoms. The van der Waals surface area contributed by atoms with Gasteiger partial charge in [0, 0.05) is 5.69 Å². The molecule has 3 aromatic carbocycles. The summed E-state index contributed by atoms with van der Waals surface area (Å²) in [5.41, 5.74) is 3.30. The van der Waals surface area contributed by atoms with Crippen molar-refractivity contribution in [2.24, 2.45) is 0 Å². The van der Waals surface area contributed by atoms with Gasteiger partial charge in [0.15, 0.2) is 10.6 Å². The van der Waals surface area contributed by atoms with E-state index in [0.717, 1.165) is 22.8 Å². The molecule has 0 aliphatic heterocycles. The molecule has 0 atom stereocenters. The van der Waals surface area contributed by atoms with Gasteiger partial charge in [-0.05, 0) is 47.6 Å². The minimum absolute atomic E-state index is 0.326. The highest BCUT2D eigenvalue weighted by Gasteiger charge is 2.09. The van der Waals surface area contributed by atoms with Crippen molar-refractivity contribution in [3.63, 3.8) is 0 Å². The zero-order valence-electron chi connectivity index (χ0n) is 14.0. The fraction of sp³-hybridized carbons (Fsp3) is 0.0476. The van der Waals surface area contributed by atoms with Gasteiger partial charge in [-0.2, -0.15) is 5.10 Å². The zero-order valence-corrected chi connectivity index (χ0v) is 14.8. The number of nitrogens with zero attached hydrogens (tertiary/aromatic N) is 2. The molecule has 0 fully saturated rings. The molecule has 1 heterocycles. The summed E-state index contributed by atoms with van der Waals surface area (Å²) in [4.78, 5) is 0. The van der Waals surface area contributed by atoms with E-state index in [-0.39, 0.29) is 0 Å². The first-order valence-corrected chi connectivity index (χ1v) is 8.72. The summed E-state index contributed by atoms with van der Waals surface area (Å²) in [6, 6.07) is 28.2. The van der Waals surface area contributed by atoms with Crippen molar-refractivity contribution in [2.45, 2.75) is 6.61 Å². The lowest BCUT2D eigenvalue weighted by Gasteiger charge is -2.09.